The van der Waals surface area contributed by atoms with Crippen molar-refractivity contribution in [2.45, 2.75) is 19.3 Å². The summed E-state index contributed by atoms with van der Waals surface area (Å²) >= 11 is 1.64. The molecule has 3 nitrogen and oxygen atoms in total. The minimum atomic E-state index is 0.412. The minimum Gasteiger partial charge on any atom is -0.302 e. The van der Waals surface area contributed by atoms with E-state index in [2.05, 4.69) is 15.3 Å². The number of nitrogens with zero attached hydrogens (tertiary/aromatic N) is 2. The maximum absolute atomic E-state index is 11.0. The Morgan fingerprint density at radius 2 is 2.21 bits per heavy atom. The third kappa shape index (κ3) is 2.62. The van der Waals surface area contributed by atoms with Crippen molar-refractivity contribution in [3.05, 3.63) is 16.6 Å². The van der Waals surface area contributed by atoms with Crippen molar-refractivity contribution >= 4 is 17.1 Å². The topological polar surface area (TPSA) is 33.2 Å². The van der Waals surface area contributed by atoms with Gasteiger partial charge in [-0.15, -0.1) is 11.3 Å². The van der Waals surface area contributed by atoms with Crippen LogP contribution in [0.5, 0.6) is 0 Å². The van der Waals surface area contributed by atoms with Crippen molar-refractivity contribution in [1.29, 1.82) is 0 Å². The van der Waals surface area contributed by atoms with Crippen LogP contribution in [-0.2, 0) is 11.2 Å². The lowest BCUT2D eigenvalue weighted by molar-refractivity contribution is -0.121. The number of rotatable bonds is 3. The third-order valence-electron chi connectivity index (χ3n) is 2.58. The average molecular weight is 210 g/mol. The molecular weight excluding hydrogens is 196 g/mol. The quantitative estimate of drug-likeness (QED) is 0.755. The molecule has 1 fully saturated rings. The zero-order valence-corrected chi connectivity index (χ0v) is 8.92. The predicted molar refractivity (Wildman–Crippen MR) is 56.5 cm³/mol. The van der Waals surface area contributed by atoms with Gasteiger partial charge in [0.2, 0.25) is 0 Å². The molecule has 76 valence electrons. The standard InChI is InChI=1S/C10H14N2OS/c13-10-2-5-12(6-3-10)4-1-9-7-14-8-11-9/h7-8H,1-6H2. The molecule has 4 heteroatoms. The predicted octanol–water partition coefficient (Wildman–Crippen LogP) is 1.35. The second-order valence-corrected chi connectivity index (χ2v) is 4.33. The highest BCUT2D eigenvalue weighted by atomic mass is 32.1. The van der Waals surface area contributed by atoms with E-state index in [1.54, 1.807) is 11.3 Å². The molecule has 0 N–H and O–H groups in total. The molecule has 2 rings (SSSR count). The molecule has 0 saturated carbocycles. The molecule has 1 saturated heterocycles. The first-order valence-electron chi connectivity index (χ1n) is 4.96. The van der Waals surface area contributed by atoms with Crippen molar-refractivity contribution in [2.75, 3.05) is 19.6 Å². The van der Waals surface area contributed by atoms with Crippen LogP contribution >= 0.6 is 11.3 Å². The van der Waals surface area contributed by atoms with Gasteiger partial charge in [0.25, 0.3) is 0 Å². The largest absolute Gasteiger partial charge is 0.302 e. The Hall–Kier alpha value is -0.740. The van der Waals surface area contributed by atoms with E-state index in [0.29, 0.717) is 5.78 Å². The second kappa shape index (κ2) is 4.66. The summed E-state index contributed by atoms with van der Waals surface area (Å²) in [6.07, 6.45) is 2.48. The lowest BCUT2D eigenvalue weighted by atomic mass is 10.1. The van der Waals surface area contributed by atoms with E-state index in [0.717, 1.165) is 38.9 Å². The Morgan fingerprint density at radius 3 is 2.86 bits per heavy atom. The van der Waals surface area contributed by atoms with E-state index in [9.17, 15) is 4.79 Å². The molecule has 14 heavy (non-hydrogen) atoms. The van der Waals surface area contributed by atoms with Gasteiger partial charge in [-0.1, -0.05) is 0 Å². The van der Waals surface area contributed by atoms with Crippen LogP contribution in [0.3, 0.4) is 0 Å². The highest BCUT2D eigenvalue weighted by Crippen LogP contribution is 2.08. The number of piperidine rings is 1. The number of aromatic nitrogens is 1. The molecule has 0 bridgehead atoms. The molecule has 0 atom stereocenters. The molecule has 1 aliphatic rings. The summed E-state index contributed by atoms with van der Waals surface area (Å²) in [4.78, 5) is 17.6. The first-order valence-corrected chi connectivity index (χ1v) is 5.90. The van der Waals surface area contributed by atoms with E-state index in [1.165, 1.54) is 5.69 Å². The van der Waals surface area contributed by atoms with Crippen molar-refractivity contribution < 1.29 is 4.79 Å². The molecule has 0 aromatic carbocycles. The van der Waals surface area contributed by atoms with Gasteiger partial charge in [0, 0.05) is 44.3 Å². The van der Waals surface area contributed by atoms with Crippen LogP contribution in [0, 0.1) is 0 Å². The smallest absolute Gasteiger partial charge is 0.135 e. The van der Waals surface area contributed by atoms with Gasteiger partial charge < -0.3 is 4.90 Å². The number of carbonyl (C=O) groups is 1. The van der Waals surface area contributed by atoms with Gasteiger partial charge in [-0.2, -0.15) is 0 Å². The summed E-state index contributed by atoms with van der Waals surface area (Å²) in [6, 6.07) is 0. The fourth-order valence-electron chi connectivity index (χ4n) is 1.66. The normalized spacial score (nSPS) is 18.7. The Kier molecular flexibility index (Phi) is 3.26. The van der Waals surface area contributed by atoms with Gasteiger partial charge in [0.05, 0.1) is 11.2 Å². The molecule has 0 amide bonds. The van der Waals surface area contributed by atoms with Crippen LogP contribution in [0.15, 0.2) is 10.9 Å². The number of hydrogen-bond acceptors (Lipinski definition) is 4. The second-order valence-electron chi connectivity index (χ2n) is 3.61. The summed E-state index contributed by atoms with van der Waals surface area (Å²) in [5.74, 6) is 0.412. The van der Waals surface area contributed by atoms with Gasteiger partial charge >= 0.3 is 0 Å². The van der Waals surface area contributed by atoms with E-state index >= 15 is 0 Å². The van der Waals surface area contributed by atoms with E-state index in [4.69, 9.17) is 0 Å². The van der Waals surface area contributed by atoms with Crippen molar-refractivity contribution in [2.24, 2.45) is 0 Å². The summed E-state index contributed by atoms with van der Waals surface area (Å²) in [5, 5.41) is 2.09. The molecule has 1 aromatic rings. The van der Waals surface area contributed by atoms with Crippen LogP contribution in [0.25, 0.3) is 0 Å². The molecule has 0 aliphatic carbocycles. The highest BCUT2D eigenvalue weighted by Gasteiger charge is 2.15. The lowest BCUT2D eigenvalue weighted by Crippen LogP contribution is -2.35. The zero-order valence-electron chi connectivity index (χ0n) is 8.11. The number of Topliss-reactive ketones (excluding diaryl/α,β-unsaturated/α-hetero) is 1. The number of hydrogen-bond donors (Lipinski definition) is 0. The van der Waals surface area contributed by atoms with Crippen LogP contribution < -0.4 is 0 Å². The van der Waals surface area contributed by atoms with Gasteiger partial charge in [-0.05, 0) is 0 Å². The molecular formula is C10H14N2OS. The number of thiazole rings is 1. The molecule has 0 radical (unpaired) electrons. The van der Waals surface area contributed by atoms with Crippen LogP contribution in [0.4, 0.5) is 0 Å². The third-order valence-corrected chi connectivity index (χ3v) is 3.22. The van der Waals surface area contributed by atoms with Gasteiger partial charge in [-0.25, -0.2) is 4.98 Å². The van der Waals surface area contributed by atoms with Crippen LogP contribution in [0.1, 0.15) is 18.5 Å². The Balaban J connectivity index is 1.73. The van der Waals surface area contributed by atoms with Crippen molar-refractivity contribution in [3.8, 4) is 0 Å². The van der Waals surface area contributed by atoms with Crippen LogP contribution in [-0.4, -0.2) is 35.3 Å². The maximum Gasteiger partial charge on any atom is 0.135 e. The monoisotopic (exact) mass is 210 g/mol. The molecule has 1 aromatic heterocycles. The molecule has 0 spiro atoms. The number of likely N-dealkylation sites (tertiary alicyclic amines) is 1. The Labute approximate surface area is 87.8 Å². The zero-order chi connectivity index (χ0) is 9.80. The summed E-state index contributed by atoms with van der Waals surface area (Å²) in [5.41, 5.74) is 3.04. The van der Waals surface area contributed by atoms with Gasteiger partial charge in [0.1, 0.15) is 5.78 Å². The Morgan fingerprint density at radius 1 is 1.43 bits per heavy atom. The first kappa shape index (κ1) is 9.80. The fraction of sp³-hybridized carbons (Fsp3) is 0.600. The summed E-state index contributed by atoms with van der Waals surface area (Å²) < 4.78 is 0. The number of carbonyl (C=O) groups excluding carboxylic acids is 1. The van der Waals surface area contributed by atoms with Crippen molar-refractivity contribution in [3.63, 3.8) is 0 Å². The minimum absolute atomic E-state index is 0.412. The van der Waals surface area contributed by atoms with E-state index < -0.39 is 0 Å². The summed E-state index contributed by atoms with van der Waals surface area (Å²) in [6.45, 7) is 2.91. The van der Waals surface area contributed by atoms with Gasteiger partial charge in [0.15, 0.2) is 0 Å². The molecule has 2 heterocycles. The SMILES string of the molecule is O=C1CCN(CCc2cscn2)CC1. The highest BCUT2D eigenvalue weighted by molar-refractivity contribution is 7.07. The Bertz CT molecular complexity index is 287. The van der Waals surface area contributed by atoms with Gasteiger partial charge in [-0.3, -0.25) is 4.79 Å². The maximum atomic E-state index is 11.0. The number of ketones is 1. The molecule has 0 unspecified atom stereocenters. The van der Waals surface area contributed by atoms with E-state index in [-0.39, 0.29) is 0 Å². The van der Waals surface area contributed by atoms with Crippen LogP contribution in [0.2, 0.25) is 0 Å². The fourth-order valence-corrected chi connectivity index (χ4v) is 2.25. The lowest BCUT2D eigenvalue weighted by Gasteiger charge is -2.25. The molecule has 1 aliphatic heterocycles. The summed E-state index contributed by atoms with van der Waals surface area (Å²) in [7, 11) is 0. The van der Waals surface area contributed by atoms with E-state index in [1.807, 2.05) is 5.51 Å². The first-order chi connectivity index (χ1) is 6.84. The van der Waals surface area contributed by atoms with Crippen molar-refractivity contribution in [1.82, 2.24) is 9.88 Å². The average Bonchev–Trinajstić information content (AvgIpc) is 2.70.